The van der Waals surface area contributed by atoms with Gasteiger partial charge >= 0.3 is 0 Å². The van der Waals surface area contributed by atoms with Gasteiger partial charge in [0.1, 0.15) is 4.83 Å². The van der Waals surface area contributed by atoms with Gasteiger partial charge in [0.25, 0.3) is 5.91 Å². The lowest BCUT2D eigenvalue weighted by molar-refractivity contribution is 0.103. The fraction of sp³-hybridized carbons (Fsp3) is 0.261. The first-order valence-corrected chi connectivity index (χ1v) is 12.2. The van der Waals surface area contributed by atoms with E-state index in [1.807, 2.05) is 30.3 Å². The molecule has 7 nitrogen and oxygen atoms in total. The highest BCUT2D eigenvalue weighted by Gasteiger charge is 2.21. The van der Waals surface area contributed by atoms with Crippen molar-refractivity contribution in [1.82, 2.24) is 14.9 Å². The number of nitrogens with one attached hydrogen (secondary N) is 1. The zero-order valence-electron chi connectivity index (χ0n) is 17.7. The second kappa shape index (κ2) is 9.52. The molecule has 4 heterocycles. The zero-order valence-corrected chi connectivity index (χ0v) is 19.3. The minimum atomic E-state index is -0.513. The van der Waals surface area contributed by atoms with Crippen LogP contribution in [0.4, 0.5) is 15.2 Å². The van der Waals surface area contributed by atoms with Crippen LogP contribution in [0.1, 0.15) is 9.67 Å². The van der Waals surface area contributed by atoms with Gasteiger partial charge in [-0.25, -0.2) is 9.97 Å². The number of aromatic nitrogens is 2. The van der Waals surface area contributed by atoms with Crippen molar-refractivity contribution in [2.24, 2.45) is 0 Å². The van der Waals surface area contributed by atoms with Crippen LogP contribution in [0, 0.1) is 5.95 Å². The summed E-state index contributed by atoms with van der Waals surface area (Å²) in [7, 11) is 0. The number of aliphatic hydroxyl groups is 1. The van der Waals surface area contributed by atoms with E-state index in [1.165, 1.54) is 23.6 Å². The average molecular weight is 484 g/mol. The van der Waals surface area contributed by atoms with E-state index in [2.05, 4.69) is 20.1 Å². The molecule has 5 rings (SSSR count). The lowest BCUT2D eigenvalue weighted by Crippen LogP contribution is -2.47. The number of β-amino-alcohol motifs (C(OH)–C–C–N with tert-alkyl or cyclic N) is 1. The second-order valence-corrected chi connectivity index (χ2v) is 9.77. The summed E-state index contributed by atoms with van der Waals surface area (Å²) in [5.74, 6) is -0.679. The summed E-state index contributed by atoms with van der Waals surface area (Å²) >= 11 is 3.00. The number of thiophene rings is 1. The number of hydrogen-bond acceptors (Lipinski definition) is 8. The molecule has 33 heavy (non-hydrogen) atoms. The van der Waals surface area contributed by atoms with Crippen molar-refractivity contribution in [3.63, 3.8) is 0 Å². The van der Waals surface area contributed by atoms with Crippen molar-refractivity contribution in [1.29, 1.82) is 0 Å². The van der Waals surface area contributed by atoms with E-state index in [9.17, 15) is 9.18 Å². The minimum absolute atomic E-state index is 0.166. The highest BCUT2D eigenvalue weighted by Crippen LogP contribution is 2.35. The number of anilines is 2. The Bertz CT molecular complexity index is 1220. The summed E-state index contributed by atoms with van der Waals surface area (Å²) in [5.41, 5.74) is 2.39. The number of piperazine rings is 1. The number of hydrogen-bond donors (Lipinski definition) is 2. The molecule has 0 bridgehead atoms. The molecule has 0 saturated carbocycles. The first kappa shape index (κ1) is 21.9. The third kappa shape index (κ3) is 4.88. The van der Waals surface area contributed by atoms with Crippen LogP contribution in [0.3, 0.4) is 0 Å². The number of nitrogens with zero attached hydrogens (tertiary/aromatic N) is 4. The van der Waals surface area contributed by atoms with Crippen LogP contribution in [-0.4, -0.2) is 65.2 Å². The number of amides is 1. The third-order valence-corrected chi connectivity index (χ3v) is 7.78. The highest BCUT2D eigenvalue weighted by atomic mass is 32.1. The van der Waals surface area contributed by atoms with Gasteiger partial charge in [-0.05, 0) is 35.9 Å². The van der Waals surface area contributed by atoms with Crippen LogP contribution in [0.15, 0.2) is 48.7 Å². The molecule has 1 saturated heterocycles. The van der Waals surface area contributed by atoms with Crippen LogP contribution in [0.5, 0.6) is 0 Å². The largest absolute Gasteiger partial charge is 0.395 e. The number of rotatable bonds is 6. The lowest BCUT2D eigenvalue weighted by Gasteiger charge is -2.34. The number of carbonyl (C=O) groups is 1. The molecule has 0 atom stereocenters. The first-order chi connectivity index (χ1) is 16.1. The predicted octanol–water partition coefficient (Wildman–Crippen LogP) is 3.93. The van der Waals surface area contributed by atoms with E-state index in [0.29, 0.717) is 17.1 Å². The van der Waals surface area contributed by atoms with Gasteiger partial charge < -0.3 is 15.3 Å². The summed E-state index contributed by atoms with van der Waals surface area (Å²) in [6.45, 7) is 4.51. The number of fused-ring (bicyclic) bond motifs is 1. The standard InChI is InChI=1S/C23H22FN5O2S2/c24-20-6-3-16(14-25-20)15-1-4-17(5-2-15)26-21(31)18-13-19-22(32-18)27-23(33-19)29-9-7-28(8-10-29)11-12-30/h1-6,13-14,30H,7-12H2,(H,26,31). The Balaban J connectivity index is 1.23. The van der Waals surface area contributed by atoms with Crippen molar-refractivity contribution in [2.45, 2.75) is 0 Å². The Morgan fingerprint density at radius 1 is 1.06 bits per heavy atom. The van der Waals surface area contributed by atoms with Crippen LogP contribution >= 0.6 is 22.7 Å². The summed E-state index contributed by atoms with van der Waals surface area (Å²) in [6, 6.07) is 12.3. The molecule has 4 aromatic rings. The van der Waals surface area contributed by atoms with Gasteiger partial charge in [0.05, 0.1) is 16.2 Å². The Kier molecular flexibility index (Phi) is 6.32. The van der Waals surface area contributed by atoms with E-state index in [4.69, 9.17) is 10.1 Å². The Labute approximate surface area is 198 Å². The molecule has 170 valence electrons. The highest BCUT2D eigenvalue weighted by molar-refractivity contribution is 7.29. The van der Waals surface area contributed by atoms with Crippen molar-refractivity contribution < 1.29 is 14.3 Å². The fourth-order valence-corrected chi connectivity index (χ4v) is 5.92. The minimum Gasteiger partial charge on any atom is -0.395 e. The molecule has 1 fully saturated rings. The predicted molar refractivity (Wildman–Crippen MR) is 131 cm³/mol. The summed E-state index contributed by atoms with van der Waals surface area (Å²) in [5, 5.41) is 13.0. The van der Waals surface area contributed by atoms with E-state index in [1.54, 1.807) is 17.4 Å². The maximum absolute atomic E-state index is 13.0. The molecule has 0 radical (unpaired) electrons. The summed E-state index contributed by atoms with van der Waals surface area (Å²) in [6.07, 6.45) is 1.48. The number of thiazole rings is 1. The Morgan fingerprint density at radius 3 is 2.48 bits per heavy atom. The SMILES string of the molecule is O=C(Nc1ccc(-c2ccc(F)nc2)cc1)c1cc2sc(N3CCN(CCO)CC3)nc2s1. The van der Waals surface area contributed by atoms with Gasteiger partial charge in [-0.3, -0.25) is 9.69 Å². The van der Waals surface area contributed by atoms with Gasteiger partial charge in [-0.2, -0.15) is 4.39 Å². The molecule has 1 amide bonds. The molecule has 2 N–H and O–H groups in total. The Morgan fingerprint density at radius 2 is 1.82 bits per heavy atom. The normalized spacial score (nSPS) is 14.7. The molecular formula is C23H22FN5O2S2. The van der Waals surface area contributed by atoms with Crippen molar-refractivity contribution in [3.05, 3.63) is 59.5 Å². The van der Waals surface area contributed by atoms with Gasteiger partial charge in [0, 0.05) is 50.2 Å². The first-order valence-electron chi connectivity index (χ1n) is 10.6. The molecule has 3 aromatic heterocycles. The quantitative estimate of drug-likeness (QED) is 0.405. The van der Waals surface area contributed by atoms with Crippen LogP contribution in [0.2, 0.25) is 0 Å². The van der Waals surface area contributed by atoms with E-state index < -0.39 is 5.95 Å². The van der Waals surface area contributed by atoms with E-state index in [-0.39, 0.29) is 12.5 Å². The van der Waals surface area contributed by atoms with Crippen molar-refractivity contribution in [2.75, 3.05) is 49.5 Å². The van der Waals surface area contributed by atoms with Gasteiger partial charge in [-0.1, -0.05) is 23.5 Å². The summed E-state index contributed by atoms with van der Waals surface area (Å²) < 4.78 is 14.0. The molecule has 1 aliphatic heterocycles. The molecule has 0 unspecified atom stereocenters. The van der Waals surface area contributed by atoms with Crippen molar-refractivity contribution in [3.8, 4) is 11.1 Å². The van der Waals surface area contributed by atoms with E-state index >= 15 is 0 Å². The number of carbonyl (C=O) groups excluding carboxylic acids is 1. The number of aliphatic hydroxyl groups excluding tert-OH is 1. The third-order valence-electron chi connectivity index (χ3n) is 5.56. The van der Waals surface area contributed by atoms with Crippen molar-refractivity contribution >= 4 is 48.9 Å². The lowest BCUT2D eigenvalue weighted by atomic mass is 10.1. The zero-order chi connectivity index (χ0) is 22.8. The topological polar surface area (TPSA) is 81.6 Å². The van der Waals surface area contributed by atoms with Gasteiger partial charge in [0.2, 0.25) is 5.95 Å². The fourth-order valence-electron chi connectivity index (χ4n) is 3.76. The van der Waals surface area contributed by atoms with Crippen LogP contribution in [0.25, 0.3) is 20.7 Å². The molecular weight excluding hydrogens is 461 g/mol. The second-order valence-electron chi connectivity index (χ2n) is 7.73. The summed E-state index contributed by atoms with van der Waals surface area (Å²) in [4.78, 5) is 27.2. The molecule has 0 spiro atoms. The average Bonchev–Trinajstić information content (AvgIpc) is 3.41. The number of halogens is 1. The van der Waals surface area contributed by atoms with Crippen LogP contribution in [-0.2, 0) is 0 Å². The molecule has 10 heteroatoms. The van der Waals surface area contributed by atoms with Gasteiger partial charge in [-0.15, -0.1) is 11.3 Å². The monoisotopic (exact) mass is 483 g/mol. The number of benzene rings is 1. The Hall–Kier alpha value is -2.92. The van der Waals surface area contributed by atoms with E-state index in [0.717, 1.165) is 52.0 Å². The van der Waals surface area contributed by atoms with Crippen LogP contribution < -0.4 is 10.2 Å². The molecule has 1 aliphatic rings. The number of pyridine rings is 1. The maximum atomic E-state index is 13.0. The van der Waals surface area contributed by atoms with Gasteiger partial charge in [0.15, 0.2) is 5.13 Å². The maximum Gasteiger partial charge on any atom is 0.265 e. The smallest absolute Gasteiger partial charge is 0.265 e. The molecule has 1 aromatic carbocycles. The molecule has 0 aliphatic carbocycles.